The van der Waals surface area contributed by atoms with Gasteiger partial charge in [-0.2, -0.15) is 0 Å². The first-order chi connectivity index (χ1) is 12.7. The van der Waals surface area contributed by atoms with E-state index in [1.54, 1.807) is 23.1 Å². The molecule has 1 unspecified atom stereocenters. The average Bonchev–Trinajstić information content (AvgIpc) is 3.43. The fourth-order valence-corrected chi connectivity index (χ4v) is 3.40. The molecule has 5 heteroatoms. The first-order valence-electron chi connectivity index (χ1n) is 9.10. The van der Waals surface area contributed by atoms with Crippen molar-refractivity contribution in [2.45, 2.75) is 25.3 Å². The van der Waals surface area contributed by atoms with Crippen molar-refractivity contribution in [3.63, 3.8) is 0 Å². The van der Waals surface area contributed by atoms with Gasteiger partial charge < -0.3 is 10.1 Å². The molecule has 0 bridgehead atoms. The zero-order valence-electron chi connectivity index (χ0n) is 14.6. The number of rotatable bonds is 6. The molecule has 1 aliphatic heterocycles. The van der Waals surface area contributed by atoms with E-state index in [-0.39, 0.29) is 18.0 Å². The van der Waals surface area contributed by atoms with Crippen molar-refractivity contribution < 1.29 is 14.3 Å². The van der Waals surface area contributed by atoms with E-state index >= 15 is 0 Å². The summed E-state index contributed by atoms with van der Waals surface area (Å²) in [4.78, 5) is 26.1. The smallest absolute Gasteiger partial charge is 0.414 e. The lowest BCUT2D eigenvalue weighted by molar-refractivity contribution is 0.0932. The van der Waals surface area contributed by atoms with E-state index in [4.69, 9.17) is 4.74 Å². The molecule has 1 N–H and O–H groups in total. The third-order valence-electron chi connectivity index (χ3n) is 4.99. The third-order valence-corrected chi connectivity index (χ3v) is 4.99. The van der Waals surface area contributed by atoms with Crippen molar-refractivity contribution in [2.24, 2.45) is 5.92 Å². The van der Waals surface area contributed by atoms with Gasteiger partial charge in [0.15, 0.2) is 0 Å². The topological polar surface area (TPSA) is 58.6 Å². The summed E-state index contributed by atoms with van der Waals surface area (Å²) in [6.45, 7) is 0.901. The van der Waals surface area contributed by atoms with Crippen LogP contribution in [0.15, 0.2) is 54.6 Å². The van der Waals surface area contributed by atoms with Gasteiger partial charge in [-0.25, -0.2) is 4.79 Å². The number of anilines is 1. The van der Waals surface area contributed by atoms with Crippen molar-refractivity contribution in [1.82, 2.24) is 5.32 Å². The molecule has 0 aromatic heterocycles. The van der Waals surface area contributed by atoms with E-state index in [9.17, 15) is 9.59 Å². The van der Waals surface area contributed by atoms with Crippen LogP contribution in [0, 0.1) is 5.92 Å². The second-order valence-corrected chi connectivity index (χ2v) is 6.92. The lowest BCUT2D eigenvalue weighted by Crippen LogP contribution is -2.38. The summed E-state index contributed by atoms with van der Waals surface area (Å²) >= 11 is 0. The highest BCUT2D eigenvalue weighted by Crippen LogP contribution is 2.34. The molecular formula is C21H22N2O3. The van der Waals surface area contributed by atoms with E-state index in [1.165, 1.54) is 5.56 Å². The van der Waals surface area contributed by atoms with Crippen molar-refractivity contribution in [3.05, 3.63) is 65.7 Å². The minimum Gasteiger partial charge on any atom is -0.447 e. The number of hydrogen-bond donors (Lipinski definition) is 1. The second-order valence-electron chi connectivity index (χ2n) is 6.92. The molecule has 26 heavy (non-hydrogen) atoms. The van der Waals surface area contributed by atoms with Crippen LogP contribution in [0.2, 0.25) is 0 Å². The molecule has 0 radical (unpaired) electrons. The molecule has 2 amide bonds. The highest BCUT2D eigenvalue weighted by atomic mass is 16.6. The maximum atomic E-state index is 12.8. The Kier molecular flexibility index (Phi) is 4.61. The fraction of sp³-hybridized carbons (Fsp3) is 0.333. The normalized spacial score (nSPS) is 17.7. The van der Waals surface area contributed by atoms with Crippen LogP contribution >= 0.6 is 0 Å². The standard InChI is InChI=1S/C21H22N2O3/c24-20(17-7-4-8-18(14-17)23-11-12-26-21(23)25)22-19(16-9-10-16)13-15-5-2-1-3-6-15/h1-8,14,16,19H,9-13H2,(H,22,24). The number of ether oxygens (including phenoxy) is 1. The van der Waals surface area contributed by atoms with Gasteiger partial charge in [0.25, 0.3) is 5.91 Å². The molecule has 1 atom stereocenters. The van der Waals surface area contributed by atoms with Crippen LogP contribution in [-0.2, 0) is 11.2 Å². The minimum absolute atomic E-state index is 0.0905. The van der Waals surface area contributed by atoms with Gasteiger partial charge in [-0.05, 0) is 48.9 Å². The first kappa shape index (κ1) is 16.6. The monoisotopic (exact) mass is 350 g/mol. The second kappa shape index (κ2) is 7.20. The first-order valence-corrected chi connectivity index (χ1v) is 9.10. The Morgan fingerprint density at radius 3 is 2.65 bits per heavy atom. The van der Waals surface area contributed by atoms with Crippen LogP contribution in [0.25, 0.3) is 0 Å². The zero-order chi connectivity index (χ0) is 17.9. The summed E-state index contributed by atoms with van der Waals surface area (Å²) in [5.74, 6) is 0.461. The number of nitrogens with one attached hydrogen (secondary N) is 1. The van der Waals surface area contributed by atoms with Crippen LogP contribution in [0.1, 0.15) is 28.8 Å². The Morgan fingerprint density at radius 1 is 1.15 bits per heavy atom. The molecule has 2 aliphatic rings. The molecule has 1 saturated carbocycles. The van der Waals surface area contributed by atoms with E-state index in [0.29, 0.717) is 30.3 Å². The van der Waals surface area contributed by atoms with E-state index < -0.39 is 0 Å². The van der Waals surface area contributed by atoms with Gasteiger partial charge in [-0.3, -0.25) is 9.69 Å². The van der Waals surface area contributed by atoms with Gasteiger partial charge in [0, 0.05) is 17.3 Å². The van der Waals surface area contributed by atoms with Crippen LogP contribution in [-0.4, -0.2) is 31.2 Å². The van der Waals surface area contributed by atoms with Gasteiger partial charge in [-0.1, -0.05) is 36.4 Å². The number of benzene rings is 2. The summed E-state index contributed by atoms with van der Waals surface area (Å²) in [6, 6.07) is 17.6. The molecule has 2 aromatic rings. The largest absolute Gasteiger partial charge is 0.447 e. The van der Waals surface area contributed by atoms with Crippen LogP contribution in [0.3, 0.4) is 0 Å². The molecule has 4 rings (SSSR count). The Balaban J connectivity index is 1.47. The number of carbonyl (C=O) groups excluding carboxylic acids is 2. The lowest BCUT2D eigenvalue weighted by Gasteiger charge is -2.19. The molecular weight excluding hydrogens is 328 g/mol. The molecule has 0 spiro atoms. The van der Waals surface area contributed by atoms with Gasteiger partial charge >= 0.3 is 6.09 Å². The molecule has 134 valence electrons. The van der Waals surface area contributed by atoms with Crippen LogP contribution < -0.4 is 10.2 Å². The highest BCUT2D eigenvalue weighted by Gasteiger charge is 2.32. The van der Waals surface area contributed by atoms with Crippen molar-refractivity contribution >= 4 is 17.7 Å². The number of cyclic esters (lactones) is 1. The van der Waals surface area contributed by atoms with Crippen molar-refractivity contribution in [2.75, 3.05) is 18.1 Å². The Bertz CT molecular complexity index is 802. The lowest BCUT2D eigenvalue weighted by atomic mass is 10.0. The van der Waals surface area contributed by atoms with Gasteiger partial charge in [0.2, 0.25) is 0 Å². The van der Waals surface area contributed by atoms with Gasteiger partial charge in [-0.15, -0.1) is 0 Å². The van der Waals surface area contributed by atoms with Gasteiger partial charge in [0.05, 0.1) is 6.54 Å². The number of nitrogens with zero attached hydrogens (tertiary/aromatic N) is 1. The average molecular weight is 350 g/mol. The fourth-order valence-electron chi connectivity index (χ4n) is 3.40. The minimum atomic E-state index is -0.359. The molecule has 5 nitrogen and oxygen atoms in total. The number of hydrogen-bond acceptors (Lipinski definition) is 3. The summed E-state index contributed by atoms with van der Waals surface area (Å²) in [5, 5.41) is 3.20. The molecule has 2 aromatic carbocycles. The summed E-state index contributed by atoms with van der Waals surface area (Å²) in [5.41, 5.74) is 2.50. The SMILES string of the molecule is O=C(NC(Cc1ccccc1)C1CC1)c1cccc(N2CCOC2=O)c1. The van der Waals surface area contributed by atoms with E-state index in [0.717, 1.165) is 19.3 Å². The number of amides is 2. The molecule has 1 saturated heterocycles. The van der Waals surface area contributed by atoms with E-state index in [1.807, 2.05) is 24.3 Å². The maximum absolute atomic E-state index is 12.8. The maximum Gasteiger partial charge on any atom is 0.414 e. The van der Waals surface area contributed by atoms with E-state index in [2.05, 4.69) is 17.4 Å². The van der Waals surface area contributed by atoms with Crippen LogP contribution in [0.5, 0.6) is 0 Å². The Morgan fingerprint density at radius 2 is 1.96 bits per heavy atom. The zero-order valence-corrected chi connectivity index (χ0v) is 14.6. The highest BCUT2D eigenvalue weighted by molar-refractivity contribution is 5.97. The van der Waals surface area contributed by atoms with Crippen LogP contribution in [0.4, 0.5) is 10.5 Å². The molecule has 1 heterocycles. The Labute approximate surface area is 153 Å². The molecule has 1 aliphatic carbocycles. The summed E-state index contributed by atoms with van der Waals surface area (Å²) in [6.07, 6.45) is 2.81. The van der Waals surface area contributed by atoms with Crippen molar-refractivity contribution in [3.8, 4) is 0 Å². The number of carbonyl (C=O) groups is 2. The Hall–Kier alpha value is -2.82. The quantitative estimate of drug-likeness (QED) is 0.869. The summed E-state index contributed by atoms with van der Waals surface area (Å²) in [7, 11) is 0. The van der Waals surface area contributed by atoms with Crippen molar-refractivity contribution in [1.29, 1.82) is 0 Å². The van der Waals surface area contributed by atoms with Gasteiger partial charge in [0.1, 0.15) is 6.61 Å². The third kappa shape index (κ3) is 3.72. The predicted molar refractivity (Wildman–Crippen MR) is 99.3 cm³/mol. The predicted octanol–water partition coefficient (Wildman–Crippen LogP) is 3.39. The summed E-state index contributed by atoms with van der Waals surface area (Å²) < 4.78 is 4.98. The molecule has 2 fully saturated rings.